The Kier molecular flexibility index (Phi) is 8.47. The van der Waals surface area contributed by atoms with Gasteiger partial charge in [0.05, 0.1) is 35.5 Å². The van der Waals surface area contributed by atoms with Crippen molar-refractivity contribution in [1.82, 2.24) is 30.0 Å². The average molecular weight is 631 g/mol. The van der Waals surface area contributed by atoms with Gasteiger partial charge in [-0.05, 0) is 69.6 Å². The predicted molar refractivity (Wildman–Crippen MR) is 170 cm³/mol. The first kappa shape index (κ1) is 31.5. The van der Waals surface area contributed by atoms with Crippen molar-refractivity contribution in [3.05, 3.63) is 47.8 Å². The number of nitrogens with zero attached hydrogens (tertiary/aromatic N) is 5. The van der Waals surface area contributed by atoms with Crippen LogP contribution in [0.3, 0.4) is 0 Å². The zero-order valence-electron chi connectivity index (χ0n) is 27.0. The Hall–Kier alpha value is -4.48. The zero-order chi connectivity index (χ0) is 32.7. The quantitative estimate of drug-likeness (QED) is 0.383. The molecule has 0 spiro atoms. The van der Waals surface area contributed by atoms with Crippen LogP contribution >= 0.6 is 0 Å². The molecule has 2 amide bonds. The summed E-state index contributed by atoms with van der Waals surface area (Å²) >= 11 is 0. The van der Waals surface area contributed by atoms with E-state index < -0.39 is 35.4 Å². The second-order valence-corrected chi connectivity index (χ2v) is 13.1. The fourth-order valence-electron chi connectivity index (χ4n) is 6.79. The van der Waals surface area contributed by atoms with Crippen LogP contribution in [0, 0.1) is 24.7 Å². The topological polar surface area (TPSA) is 149 Å². The molecule has 244 valence electrons. The first-order chi connectivity index (χ1) is 22.0. The lowest BCUT2D eigenvalue weighted by atomic mass is 9.93. The Bertz CT molecular complexity index is 1700. The van der Waals surface area contributed by atoms with Crippen molar-refractivity contribution in [2.75, 3.05) is 20.7 Å². The Balaban J connectivity index is 1.35. The molecule has 5 atom stereocenters. The van der Waals surface area contributed by atoms with Gasteiger partial charge in [0, 0.05) is 31.3 Å². The normalized spacial score (nSPS) is 26.8. The van der Waals surface area contributed by atoms with Crippen LogP contribution in [0.5, 0.6) is 11.6 Å². The van der Waals surface area contributed by atoms with Gasteiger partial charge in [0.15, 0.2) is 0 Å². The number of carbonyl (C=O) groups excluding carboxylic acids is 2. The first-order valence-corrected chi connectivity index (χ1v) is 16.1. The number of benzene rings is 1. The van der Waals surface area contributed by atoms with Crippen molar-refractivity contribution in [3.63, 3.8) is 0 Å². The number of aliphatic carboxylic acids is 1. The molecular weight excluding hydrogens is 588 g/mol. The number of fused-ring (bicyclic) bond motifs is 3. The Morgan fingerprint density at radius 1 is 1.13 bits per heavy atom. The molecule has 3 aromatic rings. The van der Waals surface area contributed by atoms with Crippen LogP contribution in [0.4, 0.5) is 0 Å². The molecule has 1 aliphatic heterocycles. The van der Waals surface area contributed by atoms with E-state index in [9.17, 15) is 19.5 Å². The minimum atomic E-state index is -1.34. The maximum Gasteiger partial charge on any atom is 0.330 e. The number of ether oxygens (including phenoxy) is 2. The van der Waals surface area contributed by atoms with Gasteiger partial charge in [0.1, 0.15) is 17.4 Å². The third-order valence-electron chi connectivity index (χ3n) is 9.70. The van der Waals surface area contributed by atoms with Gasteiger partial charge in [-0.3, -0.25) is 9.59 Å². The number of carboxylic acids is 1. The number of aryl methyl sites for hydroxylation is 1. The van der Waals surface area contributed by atoms with Crippen molar-refractivity contribution in [2.45, 2.75) is 76.9 Å². The summed E-state index contributed by atoms with van der Waals surface area (Å²) in [4.78, 5) is 51.2. The lowest BCUT2D eigenvalue weighted by Gasteiger charge is -2.26. The highest BCUT2D eigenvalue weighted by Crippen LogP contribution is 2.46. The van der Waals surface area contributed by atoms with Crippen molar-refractivity contribution < 1.29 is 29.0 Å². The third kappa shape index (κ3) is 5.80. The number of rotatable bonds is 6. The molecular formula is C34H42N6O6. The van der Waals surface area contributed by atoms with Crippen LogP contribution in [0.1, 0.15) is 69.5 Å². The van der Waals surface area contributed by atoms with E-state index in [-0.39, 0.29) is 24.2 Å². The van der Waals surface area contributed by atoms with Gasteiger partial charge in [0.2, 0.25) is 17.7 Å². The fourth-order valence-corrected chi connectivity index (χ4v) is 6.79. The molecule has 12 heteroatoms. The van der Waals surface area contributed by atoms with Crippen LogP contribution in [-0.4, -0.2) is 79.9 Å². The molecule has 6 rings (SSSR count). The molecule has 0 saturated heterocycles. The predicted octanol–water partition coefficient (Wildman–Crippen LogP) is 4.19. The first-order valence-electron chi connectivity index (χ1n) is 16.1. The average Bonchev–Trinajstić information content (AvgIpc) is 3.33. The SMILES string of the molecule is COc1ccc2c(O[C@@H]3C[C@H]4C(=O)N[C@]5(C(=O)O)C[C@H]5C=CCCCCN(C)C(=O)[C@@H]4C3)nc(-n3ccc(C(C)C)n3)nc2c1C. The highest BCUT2D eigenvalue weighted by molar-refractivity contribution is 5.94. The van der Waals surface area contributed by atoms with Crippen LogP contribution < -0.4 is 14.8 Å². The number of aromatic nitrogens is 4. The van der Waals surface area contributed by atoms with Crippen LogP contribution in [0.15, 0.2) is 36.5 Å². The molecule has 3 aliphatic rings. The number of hydrogen-bond acceptors (Lipinski definition) is 8. The van der Waals surface area contributed by atoms with Crippen molar-refractivity contribution in [3.8, 4) is 17.6 Å². The van der Waals surface area contributed by atoms with E-state index in [0.717, 1.165) is 30.5 Å². The zero-order valence-corrected chi connectivity index (χ0v) is 27.0. The molecule has 46 heavy (non-hydrogen) atoms. The molecule has 2 aromatic heterocycles. The third-order valence-corrected chi connectivity index (χ3v) is 9.70. The summed E-state index contributed by atoms with van der Waals surface area (Å²) in [5.74, 6) is -1.78. The molecule has 0 bridgehead atoms. The van der Waals surface area contributed by atoms with Crippen molar-refractivity contribution in [1.29, 1.82) is 0 Å². The standard InChI is InChI=1S/C34H42N6O6/c1-19(2)26-13-15-40(38-26)33-35-28-20(3)27(45-5)12-11-23(28)30(36-33)46-22-16-24-25(17-22)31(42)39(4)14-9-7-6-8-10-21-18-34(21,32(43)44)37-29(24)41/h8,10-13,15,19,21-22,24-25H,6-7,9,14,16-18H2,1-5H3,(H,37,41)(H,43,44)/t21-,22-,24-,25-,34-/m1/s1. The van der Waals surface area contributed by atoms with Crippen LogP contribution in [0.25, 0.3) is 16.9 Å². The van der Waals surface area contributed by atoms with Gasteiger partial charge in [-0.2, -0.15) is 10.1 Å². The number of methoxy groups -OCH3 is 1. The number of hydrogen-bond donors (Lipinski definition) is 2. The largest absolute Gasteiger partial charge is 0.496 e. The Labute approximate surface area is 268 Å². The summed E-state index contributed by atoms with van der Waals surface area (Å²) in [6, 6.07) is 5.61. The monoisotopic (exact) mass is 630 g/mol. The highest BCUT2D eigenvalue weighted by atomic mass is 16.5. The number of allylic oxidation sites excluding steroid dienone is 1. The summed E-state index contributed by atoms with van der Waals surface area (Å²) in [5.41, 5.74) is 1.00. The number of nitrogens with one attached hydrogen (secondary N) is 1. The lowest BCUT2D eigenvalue weighted by Crippen LogP contribution is -2.49. The summed E-state index contributed by atoms with van der Waals surface area (Å²) in [7, 11) is 3.37. The maximum absolute atomic E-state index is 13.8. The van der Waals surface area contributed by atoms with E-state index in [1.807, 2.05) is 43.5 Å². The van der Waals surface area contributed by atoms with Crippen molar-refractivity contribution in [2.24, 2.45) is 17.8 Å². The van der Waals surface area contributed by atoms with Gasteiger partial charge in [-0.25, -0.2) is 14.5 Å². The second kappa shape index (κ2) is 12.4. The molecule has 1 aromatic carbocycles. The Morgan fingerprint density at radius 3 is 2.63 bits per heavy atom. The van der Waals surface area contributed by atoms with E-state index in [2.05, 4.69) is 24.3 Å². The molecule has 2 aliphatic carbocycles. The van der Waals surface area contributed by atoms with Crippen LogP contribution in [0.2, 0.25) is 0 Å². The van der Waals surface area contributed by atoms with Gasteiger partial charge < -0.3 is 24.8 Å². The lowest BCUT2D eigenvalue weighted by molar-refractivity contribution is -0.145. The second-order valence-electron chi connectivity index (χ2n) is 13.1. The molecule has 0 unspecified atom stereocenters. The van der Waals surface area contributed by atoms with Gasteiger partial charge in [0.25, 0.3) is 5.95 Å². The minimum Gasteiger partial charge on any atom is -0.496 e. The van der Waals surface area contributed by atoms with E-state index in [1.165, 1.54) is 0 Å². The molecule has 2 saturated carbocycles. The molecule has 2 fully saturated rings. The smallest absolute Gasteiger partial charge is 0.330 e. The minimum absolute atomic E-state index is 0.137. The molecule has 3 heterocycles. The van der Waals surface area contributed by atoms with E-state index in [4.69, 9.17) is 19.4 Å². The van der Waals surface area contributed by atoms with Crippen molar-refractivity contribution >= 4 is 28.7 Å². The van der Waals surface area contributed by atoms with E-state index in [1.54, 1.807) is 23.7 Å². The van der Waals surface area contributed by atoms with E-state index in [0.29, 0.717) is 47.9 Å². The van der Waals surface area contributed by atoms with Gasteiger partial charge in [-0.1, -0.05) is 26.0 Å². The summed E-state index contributed by atoms with van der Waals surface area (Å²) in [6.07, 6.45) is 8.54. The Morgan fingerprint density at radius 2 is 1.91 bits per heavy atom. The molecule has 0 radical (unpaired) electrons. The highest BCUT2D eigenvalue weighted by Gasteiger charge is 2.61. The summed E-state index contributed by atoms with van der Waals surface area (Å²) in [6.45, 7) is 6.62. The van der Waals surface area contributed by atoms with Crippen LogP contribution in [-0.2, 0) is 14.4 Å². The number of carbonyl (C=O) groups is 3. The summed E-state index contributed by atoms with van der Waals surface area (Å²) < 4.78 is 13.8. The molecule has 12 nitrogen and oxygen atoms in total. The number of carboxylic acid groups (broad SMARTS) is 1. The number of amides is 2. The molecule has 2 N–H and O–H groups in total. The van der Waals surface area contributed by atoms with Gasteiger partial charge >= 0.3 is 5.97 Å². The summed E-state index contributed by atoms with van der Waals surface area (Å²) in [5, 5.41) is 18.2. The fraction of sp³-hybridized carbons (Fsp3) is 0.529. The van der Waals surface area contributed by atoms with E-state index >= 15 is 0 Å². The van der Waals surface area contributed by atoms with Gasteiger partial charge in [-0.15, -0.1) is 0 Å². The maximum atomic E-state index is 13.8.